The van der Waals surface area contributed by atoms with E-state index in [1.54, 1.807) is 6.07 Å². The summed E-state index contributed by atoms with van der Waals surface area (Å²) in [5, 5.41) is 7.14. The van der Waals surface area contributed by atoms with Gasteiger partial charge in [0.1, 0.15) is 0 Å². The van der Waals surface area contributed by atoms with E-state index in [2.05, 4.69) is 10.1 Å². The van der Waals surface area contributed by atoms with E-state index in [9.17, 15) is 13.2 Å². The van der Waals surface area contributed by atoms with Crippen LogP contribution in [0.2, 0.25) is 0 Å². The van der Waals surface area contributed by atoms with Crippen molar-refractivity contribution in [2.24, 2.45) is 5.14 Å². The average molecular weight is 214 g/mol. The zero-order chi connectivity index (χ0) is 10.3. The lowest BCUT2D eigenvalue weighted by molar-refractivity contribution is 0.598. The largest absolute Gasteiger partial charge is 0.287 e. The zero-order valence-corrected chi connectivity index (χ0v) is 7.65. The highest BCUT2D eigenvalue weighted by atomic mass is 32.2. The number of nitrogens with one attached hydrogen (secondary N) is 1. The monoisotopic (exact) mass is 214 g/mol. The number of H-pyrrole nitrogens is 1. The maximum atomic E-state index is 11.2. The van der Waals surface area contributed by atoms with E-state index in [1.165, 1.54) is 16.9 Å². The lowest BCUT2D eigenvalue weighted by Crippen LogP contribution is -2.19. The van der Waals surface area contributed by atoms with Crippen LogP contribution in [0.3, 0.4) is 0 Å². The van der Waals surface area contributed by atoms with Gasteiger partial charge in [0.15, 0.2) is 10.5 Å². The second-order valence-corrected chi connectivity index (χ2v) is 4.13. The maximum Gasteiger partial charge on any atom is 0.287 e. The van der Waals surface area contributed by atoms with Crippen LogP contribution in [0.4, 0.5) is 0 Å². The normalized spacial score (nSPS) is 12.1. The van der Waals surface area contributed by atoms with Gasteiger partial charge >= 0.3 is 0 Å². The Bertz CT molecular complexity index is 638. The standard InChI is InChI=1S/C6H6N4O3S/c7-14(12,13)4-5-8-2-1-3-10(5)9-6(4)11/h1-3H,(H,9,11)(H2,7,12,13). The third-order valence-corrected chi connectivity index (χ3v) is 2.60. The lowest BCUT2D eigenvalue weighted by atomic mass is 10.6. The third kappa shape index (κ3) is 1.20. The van der Waals surface area contributed by atoms with Gasteiger partial charge in [-0.1, -0.05) is 0 Å². The number of fused-ring (bicyclic) bond motifs is 1. The fourth-order valence-electron chi connectivity index (χ4n) is 1.15. The van der Waals surface area contributed by atoms with Crippen LogP contribution in [0.5, 0.6) is 0 Å². The molecule has 7 nitrogen and oxygen atoms in total. The molecule has 0 unspecified atom stereocenters. The number of nitrogens with two attached hydrogens (primary N) is 1. The van der Waals surface area contributed by atoms with E-state index in [0.29, 0.717) is 0 Å². The van der Waals surface area contributed by atoms with Gasteiger partial charge in [-0.25, -0.2) is 23.1 Å². The Labute approximate surface area is 78.2 Å². The van der Waals surface area contributed by atoms with Crippen molar-refractivity contribution in [2.75, 3.05) is 0 Å². The molecule has 2 rings (SSSR count). The van der Waals surface area contributed by atoms with Crippen molar-refractivity contribution in [3.63, 3.8) is 0 Å². The number of hydrogen-bond donors (Lipinski definition) is 2. The van der Waals surface area contributed by atoms with Crippen LogP contribution in [0.25, 0.3) is 5.65 Å². The first-order chi connectivity index (χ1) is 6.50. The molecule has 2 heterocycles. The number of aromatic nitrogens is 3. The van der Waals surface area contributed by atoms with E-state index in [-0.39, 0.29) is 5.65 Å². The first-order valence-corrected chi connectivity index (χ1v) is 5.13. The molecule has 3 N–H and O–H groups in total. The Kier molecular flexibility index (Phi) is 1.69. The fourth-order valence-corrected chi connectivity index (χ4v) is 1.86. The quantitative estimate of drug-likeness (QED) is 0.612. The molecule has 8 heteroatoms. The van der Waals surface area contributed by atoms with Gasteiger partial charge in [0.25, 0.3) is 5.56 Å². The third-order valence-electron chi connectivity index (χ3n) is 1.66. The van der Waals surface area contributed by atoms with Gasteiger partial charge in [-0.05, 0) is 6.07 Å². The molecule has 0 radical (unpaired) electrons. The minimum atomic E-state index is -4.04. The Balaban J connectivity index is 3.03. The molecule has 2 aromatic rings. The number of aromatic amines is 1. The molecule has 0 aromatic carbocycles. The molecule has 14 heavy (non-hydrogen) atoms. The van der Waals surface area contributed by atoms with Gasteiger partial charge in [-0.15, -0.1) is 0 Å². The summed E-state index contributed by atoms with van der Waals surface area (Å²) in [5.41, 5.74) is -0.772. The summed E-state index contributed by atoms with van der Waals surface area (Å²) in [6.45, 7) is 0. The van der Waals surface area contributed by atoms with E-state index in [0.717, 1.165) is 0 Å². The van der Waals surface area contributed by atoms with E-state index < -0.39 is 20.5 Å². The van der Waals surface area contributed by atoms with Gasteiger partial charge in [0.05, 0.1) is 0 Å². The van der Waals surface area contributed by atoms with Gasteiger partial charge in [-0.3, -0.25) is 9.89 Å². The molecule has 0 aliphatic carbocycles. The lowest BCUT2D eigenvalue weighted by Gasteiger charge is -1.92. The fraction of sp³-hybridized carbons (Fsp3) is 0. The Morgan fingerprint density at radius 3 is 2.86 bits per heavy atom. The van der Waals surface area contributed by atoms with Crippen molar-refractivity contribution < 1.29 is 8.42 Å². The van der Waals surface area contributed by atoms with Gasteiger partial charge < -0.3 is 0 Å². The van der Waals surface area contributed by atoms with Crippen LogP contribution in [-0.2, 0) is 10.0 Å². The van der Waals surface area contributed by atoms with Crippen LogP contribution in [-0.4, -0.2) is 23.0 Å². The van der Waals surface area contributed by atoms with Crippen LogP contribution < -0.4 is 10.7 Å². The van der Waals surface area contributed by atoms with Crippen molar-refractivity contribution in [2.45, 2.75) is 4.90 Å². The van der Waals surface area contributed by atoms with Gasteiger partial charge in [0.2, 0.25) is 10.0 Å². The Hall–Kier alpha value is -1.67. The van der Waals surface area contributed by atoms with Crippen molar-refractivity contribution in [3.8, 4) is 0 Å². The highest BCUT2D eigenvalue weighted by Gasteiger charge is 2.20. The molecule has 2 aromatic heterocycles. The topological polar surface area (TPSA) is 110 Å². The number of hydrogen-bond acceptors (Lipinski definition) is 4. The summed E-state index contributed by atoms with van der Waals surface area (Å²) in [5.74, 6) is 0. The second-order valence-electron chi connectivity index (χ2n) is 2.63. The summed E-state index contributed by atoms with van der Waals surface area (Å²) in [4.78, 5) is 14.4. The number of nitrogens with zero attached hydrogens (tertiary/aromatic N) is 2. The second kappa shape index (κ2) is 2.66. The molecular formula is C6H6N4O3S. The average Bonchev–Trinajstić information content (AvgIpc) is 2.38. The predicted molar refractivity (Wildman–Crippen MR) is 47.2 cm³/mol. The molecule has 0 atom stereocenters. The van der Waals surface area contributed by atoms with Crippen molar-refractivity contribution in [3.05, 3.63) is 28.8 Å². The number of rotatable bonds is 1. The molecule has 0 saturated heterocycles. The van der Waals surface area contributed by atoms with Crippen molar-refractivity contribution in [1.82, 2.24) is 14.6 Å². The van der Waals surface area contributed by atoms with Crippen LogP contribution in [0.15, 0.2) is 28.2 Å². The van der Waals surface area contributed by atoms with E-state index in [1.807, 2.05) is 0 Å². The van der Waals surface area contributed by atoms with Crippen LogP contribution in [0.1, 0.15) is 0 Å². The minimum absolute atomic E-state index is 0.000000000000000666. The zero-order valence-electron chi connectivity index (χ0n) is 6.84. The summed E-state index contributed by atoms with van der Waals surface area (Å²) >= 11 is 0. The molecule has 0 aliphatic rings. The van der Waals surface area contributed by atoms with Crippen LogP contribution in [0, 0.1) is 0 Å². The SMILES string of the molecule is NS(=O)(=O)c1c(=O)[nH]n2cccnc12. The Morgan fingerprint density at radius 2 is 2.21 bits per heavy atom. The molecule has 0 spiro atoms. The number of primary sulfonamides is 1. The summed E-state index contributed by atoms with van der Waals surface area (Å²) < 4.78 is 23.3. The highest BCUT2D eigenvalue weighted by molar-refractivity contribution is 7.89. The van der Waals surface area contributed by atoms with Crippen LogP contribution >= 0.6 is 0 Å². The highest BCUT2D eigenvalue weighted by Crippen LogP contribution is 2.06. The Morgan fingerprint density at radius 1 is 1.50 bits per heavy atom. The molecule has 0 amide bonds. The van der Waals surface area contributed by atoms with Crippen molar-refractivity contribution >= 4 is 15.7 Å². The van der Waals surface area contributed by atoms with Gasteiger partial charge in [0, 0.05) is 12.4 Å². The number of sulfonamides is 1. The summed E-state index contributed by atoms with van der Waals surface area (Å²) in [7, 11) is -4.04. The van der Waals surface area contributed by atoms with Crippen molar-refractivity contribution in [1.29, 1.82) is 0 Å². The minimum Gasteiger partial charge on any atom is -0.266 e. The predicted octanol–water partition coefficient (Wildman–Crippen LogP) is -1.33. The van der Waals surface area contributed by atoms with E-state index >= 15 is 0 Å². The first kappa shape index (κ1) is 8.91. The first-order valence-electron chi connectivity index (χ1n) is 3.58. The molecule has 0 saturated carbocycles. The molecule has 0 aliphatic heterocycles. The molecule has 74 valence electrons. The molecule has 0 fully saturated rings. The molecular weight excluding hydrogens is 208 g/mol. The summed E-state index contributed by atoms with van der Waals surface area (Å²) in [6.07, 6.45) is 2.84. The molecule has 0 bridgehead atoms. The summed E-state index contributed by atoms with van der Waals surface area (Å²) in [6, 6.07) is 1.55. The van der Waals surface area contributed by atoms with E-state index in [4.69, 9.17) is 5.14 Å². The maximum absolute atomic E-state index is 11.2. The van der Waals surface area contributed by atoms with Gasteiger partial charge in [-0.2, -0.15) is 0 Å². The smallest absolute Gasteiger partial charge is 0.266 e.